The lowest BCUT2D eigenvalue weighted by molar-refractivity contribution is 0.104. The third-order valence-corrected chi connectivity index (χ3v) is 3.72. The molecule has 0 radical (unpaired) electrons. The number of rotatable bonds is 5. The number of para-hydroxylation sites is 1. The average molecular weight is 301 g/mol. The van der Waals surface area contributed by atoms with Gasteiger partial charge in [0.05, 0.1) is 16.9 Å². The van der Waals surface area contributed by atoms with Crippen molar-refractivity contribution in [3.8, 4) is 5.69 Å². The molecule has 0 N–H and O–H groups in total. The topological polar surface area (TPSA) is 38.1 Å². The van der Waals surface area contributed by atoms with E-state index in [-0.39, 0.29) is 5.78 Å². The molecular weight excluding hydrogens is 282 g/mol. The Bertz CT molecular complexity index is 660. The highest BCUT2D eigenvalue weighted by atomic mass is 32.2. The van der Waals surface area contributed by atoms with Crippen molar-refractivity contribution < 1.29 is 4.79 Å². The van der Waals surface area contributed by atoms with Gasteiger partial charge < -0.3 is 4.90 Å². The quantitative estimate of drug-likeness (QED) is 0.483. The van der Waals surface area contributed by atoms with E-state index >= 15 is 0 Å². The van der Waals surface area contributed by atoms with Crippen LogP contribution in [-0.2, 0) is 0 Å². The van der Waals surface area contributed by atoms with Gasteiger partial charge in [0.15, 0.2) is 5.78 Å². The molecule has 0 aliphatic carbocycles. The van der Waals surface area contributed by atoms with Crippen molar-refractivity contribution in [2.75, 3.05) is 20.4 Å². The molecule has 1 heterocycles. The fourth-order valence-corrected chi connectivity index (χ4v) is 2.64. The predicted molar refractivity (Wildman–Crippen MR) is 87.2 cm³/mol. The smallest absolute Gasteiger partial charge is 0.191 e. The van der Waals surface area contributed by atoms with Crippen molar-refractivity contribution >= 4 is 17.5 Å². The summed E-state index contributed by atoms with van der Waals surface area (Å²) in [7, 11) is 3.78. The van der Waals surface area contributed by atoms with Gasteiger partial charge in [-0.25, -0.2) is 4.68 Å². The molecule has 0 spiro atoms. The molecule has 0 amide bonds. The first-order chi connectivity index (χ1) is 10.0. The lowest BCUT2D eigenvalue weighted by atomic mass is 10.1. The van der Waals surface area contributed by atoms with Gasteiger partial charge in [0.25, 0.3) is 0 Å². The monoisotopic (exact) mass is 301 g/mol. The average Bonchev–Trinajstić information content (AvgIpc) is 2.82. The van der Waals surface area contributed by atoms with Gasteiger partial charge in [0.2, 0.25) is 0 Å². The summed E-state index contributed by atoms with van der Waals surface area (Å²) >= 11 is 1.49. The van der Waals surface area contributed by atoms with Crippen LogP contribution in [0.15, 0.2) is 47.6 Å². The Labute approximate surface area is 129 Å². The first-order valence-corrected chi connectivity index (χ1v) is 7.85. The van der Waals surface area contributed by atoms with Crippen molar-refractivity contribution in [1.29, 1.82) is 0 Å². The van der Waals surface area contributed by atoms with Crippen LogP contribution >= 0.6 is 11.8 Å². The number of aromatic nitrogens is 2. The first kappa shape index (κ1) is 15.4. The number of carbonyl (C=O) groups excluding carboxylic acids is 1. The number of allylic oxidation sites excluding steroid dienone is 1. The zero-order chi connectivity index (χ0) is 15.4. The van der Waals surface area contributed by atoms with E-state index in [1.807, 2.05) is 67.2 Å². The molecule has 21 heavy (non-hydrogen) atoms. The summed E-state index contributed by atoms with van der Waals surface area (Å²) in [5.41, 5.74) is 2.49. The first-order valence-electron chi connectivity index (χ1n) is 6.62. The molecule has 5 heteroatoms. The molecule has 0 saturated carbocycles. The molecule has 0 aliphatic rings. The van der Waals surface area contributed by atoms with Crippen LogP contribution in [0.1, 0.15) is 16.1 Å². The number of benzene rings is 1. The maximum atomic E-state index is 12.4. The van der Waals surface area contributed by atoms with Crippen LogP contribution in [0.25, 0.3) is 5.69 Å². The highest BCUT2D eigenvalue weighted by molar-refractivity contribution is 7.98. The zero-order valence-corrected chi connectivity index (χ0v) is 13.5. The maximum Gasteiger partial charge on any atom is 0.191 e. The molecule has 0 atom stereocenters. The minimum absolute atomic E-state index is 0.0206. The van der Waals surface area contributed by atoms with Crippen molar-refractivity contribution in [2.45, 2.75) is 11.9 Å². The van der Waals surface area contributed by atoms with Crippen LogP contribution in [0.4, 0.5) is 0 Å². The second-order valence-corrected chi connectivity index (χ2v) is 5.66. The van der Waals surface area contributed by atoms with Crippen LogP contribution in [0, 0.1) is 6.92 Å². The molecule has 2 rings (SSSR count). The minimum atomic E-state index is -0.0206. The zero-order valence-electron chi connectivity index (χ0n) is 12.7. The standard InChI is InChI=1S/C16H19N3OS/c1-12-15(14(20)10-11-18(2)3)16(21-4)17-19(12)13-8-6-5-7-9-13/h5-11H,1-4H3. The van der Waals surface area contributed by atoms with Gasteiger partial charge in [-0.1, -0.05) is 18.2 Å². The Morgan fingerprint density at radius 3 is 2.52 bits per heavy atom. The van der Waals surface area contributed by atoms with Gasteiger partial charge in [0.1, 0.15) is 5.03 Å². The summed E-state index contributed by atoms with van der Waals surface area (Å²) in [6.45, 7) is 1.93. The molecule has 0 fully saturated rings. The van der Waals surface area contributed by atoms with Gasteiger partial charge in [-0.3, -0.25) is 4.79 Å². The Morgan fingerprint density at radius 1 is 1.29 bits per heavy atom. The number of hydrogen-bond acceptors (Lipinski definition) is 4. The van der Waals surface area contributed by atoms with Gasteiger partial charge in [-0.05, 0) is 25.3 Å². The van der Waals surface area contributed by atoms with E-state index in [0.717, 1.165) is 16.4 Å². The van der Waals surface area contributed by atoms with Gasteiger partial charge >= 0.3 is 0 Å². The van der Waals surface area contributed by atoms with Crippen LogP contribution in [0.3, 0.4) is 0 Å². The SMILES string of the molecule is CSc1nn(-c2ccccc2)c(C)c1C(=O)C=CN(C)C. The van der Waals surface area contributed by atoms with Crippen molar-refractivity contribution in [3.63, 3.8) is 0 Å². The van der Waals surface area contributed by atoms with Crippen molar-refractivity contribution in [1.82, 2.24) is 14.7 Å². The number of nitrogens with zero attached hydrogens (tertiary/aromatic N) is 3. The third-order valence-electron chi connectivity index (χ3n) is 3.05. The largest absolute Gasteiger partial charge is 0.383 e. The van der Waals surface area contributed by atoms with Crippen molar-refractivity contribution in [3.05, 3.63) is 53.9 Å². The van der Waals surface area contributed by atoms with E-state index in [2.05, 4.69) is 5.10 Å². The number of carbonyl (C=O) groups is 1. The van der Waals surface area contributed by atoms with Crippen molar-refractivity contribution in [2.24, 2.45) is 0 Å². The van der Waals surface area contributed by atoms with Gasteiger partial charge in [-0.15, -0.1) is 11.8 Å². The lowest BCUT2D eigenvalue weighted by Gasteiger charge is -2.04. The van der Waals surface area contributed by atoms with E-state index in [9.17, 15) is 4.79 Å². The highest BCUT2D eigenvalue weighted by Gasteiger charge is 2.19. The summed E-state index contributed by atoms with van der Waals surface area (Å²) in [5.74, 6) is -0.0206. The Hall–Kier alpha value is -2.01. The molecule has 0 aliphatic heterocycles. The fraction of sp³-hybridized carbons (Fsp3) is 0.250. The van der Waals surface area contributed by atoms with Crippen LogP contribution in [0.2, 0.25) is 0 Å². The second kappa shape index (κ2) is 6.63. The molecular formula is C16H19N3OS. The number of hydrogen-bond donors (Lipinski definition) is 0. The normalized spacial score (nSPS) is 11.0. The highest BCUT2D eigenvalue weighted by Crippen LogP contribution is 2.25. The molecule has 0 saturated heterocycles. The summed E-state index contributed by atoms with van der Waals surface area (Å²) < 4.78 is 1.82. The number of ketones is 1. The number of thioether (sulfide) groups is 1. The summed E-state index contributed by atoms with van der Waals surface area (Å²) in [5, 5.41) is 5.31. The summed E-state index contributed by atoms with van der Waals surface area (Å²) in [4.78, 5) is 14.3. The van der Waals surface area contributed by atoms with E-state index < -0.39 is 0 Å². The molecule has 1 aromatic heterocycles. The molecule has 110 valence electrons. The molecule has 2 aromatic rings. The summed E-state index contributed by atoms with van der Waals surface area (Å²) in [6.07, 6.45) is 5.27. The molecule has 0 unspecified atom stereocenters. The lowest BCUT2D eigenvalue weighted by Crippen LogP contribution is -2.05. The molecule has 0 bridgehead atoms. The fourth-order valence-electron chi connectivity index (χ4n) is 2.02. The maximum absolute atomic E-state index is 12.4. The Kier molecular flexibility index (Phi) is 4.85. The van der Waals surface area contributed by atoms with Gasteiger partial charge in [-0.2, -0.15) is 5.10 Å². The van der Waals surface area contributed by atoms with Crippen LogP contribution in [-0.4, -0.2) is 40.8 Å². The minimum Gasteiger partial charge on any atom is -0.383 e. The van der Waals surface area contributed by atoms with Crippen LogP contribution < -0.4 is 0 Å². The van der Waals surface area contributed by atoms with Gasteiger partial charge in [0, 0.05) is 26.4 Å². The van der Waals surface area contributed by atoms with E-state index in [4.69, 9.17) is 0 Å². The molecule has 4 nitrogen and oxygen atoms in total. The third kappa shape index (κ3) is 3.36. The second-order valence-electron chi connectivity index (χ2n) is 4.86. The van der Waals surface area contributed by atoms with E-state index in [1.54, 1.807) is 12.3 Å². The van der Waals surface area contributed by atoms with E-state index in [0.29, 0.717) is 5.56 Å². The summed E-state index contributed by atoms with van der Waals surface area (Å²) in [6, 6.07) is 9.84. The predicted octanol–water partition coefficient (Wildman–Crippen LogP) is 3.16. The Morgan fingerprint density at radius 2 is 1.95 bits per heavy atom. The molecule has 1 aromatic carbocycles. The Balaban J connectivity index is 2.47. The van der Waals surface area contributed by atoms with Crippen LogP contribution in [0.5, 0.6) is 0 Å². The van der Waals surface area contributed by atoms with E-state index in [1.165, 1.54) is 11.8 Å².